The lowest BCUT2D eigenvalue weighted by Crippen LogP contribution is -2.39. The molecule has 6 heteroatoms. The minimum Gasteiger partial charge on any atom is -0.481 e. The van der Waals surface area contributed by atoms with Crippen molar-refractivity contribution in [2.75, 3.05) is 0 Å². The van der Waals surface area contributed by atoms with Gasteiger partial charge in [0.2, 0.25) is 5.91 Å². The van der Waals surface area contributed by atoms with Crippen molar-refractivity contribution in [3.8, 4) is 11.1 Å². The van der Waals surface area contributed by atoms with Crippen molar-refractivity contribution in [1.29, 1.82) is 0 Å². The molecule has 4 rings (SSSR count). The van der Waals surface area contributed by atoms with Gasteiger partial charge in [-0.25, -0.2) is 4.98 Å². The van der Waals surface area contributed by atoms with Gasteiger partial charge in [0.05, 0.1) is 22.6 Å². The van der Waals surface area contributed by atoms with Crippen molar-refractivity contribution in [3.63, 3.8) is 0 Å². The SMILES string of the molecule is O=C(Cc1nc2ccc(-c3ccccc3)cc2s1)NC1CCC(C(=O)O)CC1. The Morgan fingerprint density at radius 2 is 1.79 bits per heavy atom. The zero-order valence-electron chi connectivity index (χ0n) is 15.4. The molecule has 0 unspecified atom stereocenters. The molecule has 0 atom stereocenters. The Kier molecular flexibility index (Phi) is 5.39. The fourth-order valence-electron chi connectivity index (χ4n) is 3.76. The van der Waals surface area contributed by atoms with Gasteiger partial charge in [-0.1, -0.05) is 36.4 Å². The Hall–Kier alpha value is -2.73. The third-order valence-corrected chi connectivity index (χ3v) is 6.31. The van der Waals surface area contributed by atoms with Gasteiger partial charge in [-0.2, -0.15) is 0 Å². The van der Waals surface area contributed by atoms with Crippen LogP contribution in [-0.2, 0) is 16.0 Å². The number of carbonyl (C=O) groups excluding carboxylic acids is 1. The van der Waals surface area contributed by atoms with Gasteiger partial charge in [0.25, 0.3) is 0 Å². The van der Waals surface area contributed by atoms with Crippen molar-refractivity contribution in [2.45, 2.75) is 38.1 Å². The molecule has 1 aromatic heterocycles. The fraction of sp³-hybridized carbons (Fsp3) is 0.318. The lowest BCUT2D eigenvalue weighted by molar-refractivity contribution is -0.142. The number of amides is 1. The average molecular weight is 394 g/mol. The number of thiazole rings is 1. The predicted octanol–water partition coefficient (Wildman–Crippen LogP) is 4.27. The summed E-state index contributed by atoms with van der Waals surface area (Å²) in [5.41, 5.74) is 3.21. The van der Waals surface area contributed by atoms with E-state index in [1.54, 1.807) is 11.3 Å². The summed E-state index contributed by atoms with van der Waals surface area (Å²) in [5, 5.41) is 12.9. The van der Waals surface area contributed by atoms with Crippen molar-refractivity contribution >= 4 is 33.4 Å². The molecule has 1 saturated carbocycles. The van der Waals surface area contributed by atoms with E-state index in [9.17, 15) is 9.59 Å². The maximum absolute atomic E-state index is 12.4. The first-order valence-corrected chi connectivity index (χ1v) is 10.4. The summed E-state index contributed by atoms with van der Waals surface area (Å²) in [4.78, 5) is 28.0. The number of benzene rings is 2. The van der Waals surface area contributed by atoms with E-state index < -0.39 is 5.97 Å². The van der Waals surface area contributed by atoms with Gasteiger partial charge >= 0.3 is 5.97 Å². The van der Waals surface area contributed by atoms with Crippen molar-refractivity contribution < 1.29 is 14.7 Å². The molecule has 1 heterocycles. The molecule has 2 aromatic carbocycles. The zero-order chi connectivity index (χ0) is 19.5. The monoisotopic (exact) mass is 394 g/mol. The van der Waals surface area contributed by atoms with E-state index in [1.807, 2.05) is 24.3 Å². The Bertz CT molecular complexity index is 991. The van der Waals surface area contributed by atoms with Gasteiger partial charge in [-0.05, 0) is 48.9 Å². The summed E-state index contributed by atoms with van der Waals surface area (Å²) in [7, 11) is 0. The number of nitrogens with zero attached hydrogens (tertiary/aromatic N) is 1. The van der Waals surface area contributed by atoms with Crippen LogP contribution in [0.1, 0.15) is 30.7 Å². The molecule has 0 saturated heterocycles. The smallest absolute Gasteiger partial charge is 0.306 e. The van der Waals surface area contributed by atoms with Gasteiger partial charge < -0.3 is 10.4 Å². The van der Waals surface area contributed by atoms with Crippen LogP contribution in [0, 0.1) is 5.92 Å². The first-order chi connectivity index (χ1) is 13.6. The highest BCUT2D eigenvalue weighted by molar-refractivity contribution is 7.18. The number of hydrogen-bond acceptors (Lipinski definition) is 4. The lowest BCUT2D eigenvalue weighted by atomic mass is 9.86. The number of aromatic nitrogens is 1. The van der Waals surface area contributed by atoms with Crippen LogP contribution in [0.15, 0.2) is 48.5 Å². The molecule has 144 valence electrons. The molecule has 1 aliphatic carbocycles. The fourth-order valence-corrected chi connectivity index (χ4v) is 4.76. The Labute approximate surface area is 167 Å². The van der Waals surface area contributed by atoms with E-state index in [4.69, 9.17) is 5.11 Å². The number of rotatable bonds is 5. The second-order valence-electron chi connectivity index (χ2n) is 7.29. The van der Waals surface area contributed by atoms with Crippen LogP contribution < -0.4 is 5.32 Å². The summed E-state index contributed by atoms with van der Waals surface area (Å²) in [5.74, 6) is -1.04. The number of fused-ring (bicyclic) bond motifs is 1. The van der Waals surface area contributed by atoms with Crippen molar-refractivity contribution in [1.82, 2.24) is 10.3 Å². The van der Waals surface area contributed by atoms with E-state index in [0.717, 1.165) is 39.2 Å². The highest BCUT2D eigenvalue weighted by Crippen LogP contribution is 2.29. The van der Waals surface area contributed by atoms with Gasteiger partial charge in [0.15, 0.2) is 0 Å². The first kappa shape index (κ1) is 18.6. The molecular weight excluding hydrogens is 372 g/mol. The summed E-state index contributed by atoms with van der Waals surface area (Å²) in [6.07, 6.45) is 2.97. The number of carboxylic acids is 1. The summed E-state index contributed by atoms with van der Waals surface area (Å²) in [6, 6.07) is 16.5. The largest absolute Gasteiger partial charge is 0.481 e. The molecule has 0 spiro atoms. The molecule has 2 N–H and O–H groups in total. The highest BCUT2D eigenvalue weighted by Gasteiger charge is 2.26. The van der Waals surface area contributed by atoms with E-state index in [2.05, 4.69) is 34.6 Å². The van der Waals surface area contributed by atoms with Crippen molar-refractivity contribution in [2.24, 2.45) is 5.92 Å². The van der Waals surface area contributed by atoms with Crippen LogP contribution in [0.3, 0.4) is 0 Å². The van der Waals surface area contributed by atoms with Crippen LogP contribution >= 0.6 is 11.3 Å². The van der Waals surface area contributed by atoms with Crippen LogP contribution in [0.2, 0.25) is 0 Å². The van der Waals surface area contributed by atoms with Crippen LogP contribution in [0.5, 0.6) is 0 Å². The molecule has 1 fully saturated rings. The van der Waals surface area contributed by atoms with E-state index in [1.165, 1.54) is 0 Å². The third kappa shape index (κ3) is 4.22. The van der Waals surface area contributed by atoms with Gasteiger partial charge in [0, 0.05) is 6.04 Å². The summed E-state index contributed by atoms with van der Waals surface area (Å²) < 4.78 is 1.08. The number of nitrogens with one attached hydrogen (secondary N) is 1. The lowest BCUT2D eigenvalue weighted by Gasteiger charge is -2.26. The minimum absolute atomic E-state index is 0.0406. The number of carbonyl (C=O) groups is 2. The maximum atomic E-state index is 12.4. The predicted molar refractivity (Wildman–Crippen MR) is 110 cm³/mol. The Balaban J connectivity index is 1.39. The number of carboxylic acid groups (broad SMARTS) is 1. The molecule has 0 bridgehead atoms. The molecule has 0 aliphatic heterocycles. The first-order valence-electron chi connectivity index (χ1n) is 9.55. The quantitative estimate of drug-likeness (QED) is 0.677. The van der Waals surface area contributed by atoms with Crippen LogP contribution in [0.4, 0.5) is 0 Å². The van der Waals surface area contributed by atoms with E-state index in [-0.39, 0.29) is 24.3 Å². The molecule has 1 aliphatic rings. The molecule has 1 amide bonds. The molecule has 3 aromatic rings. The van der Waals surface area contributed by atoms with Crippen LogP contribution in [-0.4, -0.2) is 28.0 Å². The Morgan fingerprint density at radius 1 is 1.04 bits per heavy atom. The van der Waals surface area contributed by atoms with E-state index in [0.29, 0.717) is 12.8 Å². The third-order valence-electron chi connectivity index (χ3n) is 5.29. The standard InChI is InChI=1S/C22H22N2O3S/c25-20(23-17-9-6-15(7-10-17)22(26)27)13-21-24-18-11-8-16(12-19(18)28-21)14-4-2-1-3-5-14/h1-5,8,11-12,15,17H,6-7,9-10,13H2,(H,23,25)(H,26,27). The maximum Gasteiger partial charge on any atom is 0.306 e. The number of aliphatic carboxylic acids is 1. The summed E-state index contributed by atoms with van der Waals surface area (Å²) in [6.45, 7) is 0. The molecule has 0 radical (unpaired) electrons. The van der Waals surface area contributed by atoms with Crippen LogP contribution in [0.25, 0.3) is 21.3 Å². The zero-order valence-corrected chi connectivity index (χ0v) is 16.2. The second kappa shape index (κ2) is 8.10. The van der Waals surface area contributed by atoms with Gasteiger partial charge in [-0.3, -0.25) is 9.59 Å². The summed E-state index contributed by atoms with van der Waals surface area (Å²) >= 11 is 1.55. The molecular formula is C22H22N2O3S. The number of hydrogen-bond donors (Lipinski definition) is 2. The van der Waals surface area contributed by atoms with E-state index >= 15 is 0 Å². The second-order valence-corrected chi connectivity index (χ2v) is 8.40. The van der Waals surface area contributed by atoms with Gasteiger partial charge in [0.1, 0.15) is 5.01 Å². The molecule has 5 nitrogen and oxygen atoms in total. The topological polar surface area (TPSA) is 79.3 Å². The minimum atomic E-state index is -0.728. The molecule has 28 heavy (non-hydrogen) atoms. The highest BCUT2D eigenvalue weighted by atomic mass is 32.1. The Morgan fingerprint density at radius 3 is 2.50 bits per heavy atom. The van der Waals surface area contributed by atoms with Gasteiger partial charge in [-0.15, -0.1) is 11.3 Å². The average Bonchev–Trinajstić information content (AvgIpc) is 3.10. The van der Waals surface area contributed by atoms with Crippen molar-refractivity contribution in [3.05, 3.63) is 53.5 Å². The normalized spacial score (nSPS) is 19.4.